The van der Waals surface area contributed by atoms with Gasteiger partial charge in [0.05, 0.1) is 11.5 Å². The third-order valence-corrected chi connectivity index (χ3v) is 4.13. The maximum absolute atomic E-state index is 12.3. The van der Waals surface area contributed by atoms with Crippen molar-refractivity contribution in [3.63, 3.8) is 0 Å². The number of nitrogens with zero attached hydrogens (tertiary/aromatic N) is 1. The molecule has 2 heterocycles. The van der Waals surface area contributed by atoms with Gasteiger partial charge in [0.25, 0.3) is 5.91 Å². The molecule has 2 aromatic rings. The molecule has 7 nitrogen and oxygen atoms in total. The molecule has 1 aliphatic heterocycles. The van der Waals surface area contributed by atoms with E-state index in [1.165, 1.54) is 0 Å². The van der Waals surface area contributed by atoms with Gasteiger partial charge in [0.1, 0.15) is 5.82 Å². The van der Waals surface area contributed by atoms with Crippen molar-refractivity contribution >= 4 is 29.0 Å². The van der Waals surface area contributed by atoms with Crippen LogP contribution in [0.5, 0.6) is 0 Å². The van der Waals surface area contributed by atoms with E-state index in [1.807, 2.05) is 18.2 Å². The monoisotopic (exact) mass is 339 g/mol. The van der Waals surface area contributed by atoms with Crippen molar-refractivity contribution in [2.75, 3.05) is 23.7 Å². The summed E-state index contributed by atoms with van der Waals surface area (Å²) in [7, 11) is 0. The summed E-state index contributed by atoms with van der Waals surface area (Å²) in [6.45, 7) is 1.68. The summed E-state index contributed by atoms with van der Waals surface area (Å²) >= 11 is 0. The number of rotatable bonds is 5. The summed E-state index contributed by atoms with van der Waals surface area (Å²) < 4.78 is 0. The van der Waals surface area contributed by atoms with Crippen LogP contribution in [0.1, 0.15) is 23.2 Å². The Kier molecular flexibility index (Phi) is 5.25. The first kappa shape index (κ1) is 16.9. The van der Waals surface area contributed by atoms with Crippen molar-refractivity contribution in [1.82, 2.24) is 10.3 Å². The Bertz CT molecular complexity index is 772. The molecule has 1 unspecified atom stereocenters. The van der Waals surface area contributed by atoms with Gasteiger partial charge in [-0.3, -0.25) is 9.59 Å². The van der Waals surface area contributed by atoms with Crippen molar-refractivity contribution in [1.29, 1.82) is 0 Å². The fourth-order valence-corrected chi connectivity index (χ4v) is 2.84. The first-order valence-corrected chi connectivity index (χ1v) is 8.27. The number of benzene rings is 1. The van der Waals surface area contributed by atoms with Gasteiger partial charge in [0.15, 0.2) is 0 Å². The van der Waals surface area contributed by atoms with Gasteiger partial charge in [-0.2, -0.15) is 0 Å². The van der Waals surface area contributed by atoms with E-state index < -0.39 is 5.91 Å². The summed E-state index contributed by atoms with van der Waals surface area (Å²) in [5.74, 6) is -0.164. The van der Waals surface area contributed by atoms with E-state index in [-0.39, 0.29) is 11.8 Å². The number of hydrogen-bond acceptors (Lipinski definition) is 5. The van der Waals surface area contributed by atoms with Crippen LogP contribution in [0.3, 0.4) is 0 Å². The van der Waals surface area contributed by atoms with Gasteiger partial charge in [-0.15, -0.1) is 0 Å². The number of carbonyl (C=O) groups excluding carboxylic acids is 2. The van der Waals surface area contributed by atoms with Crippen molar-refractivity contribution < 1.29 is 9.59 Å². The van der Waals surface area contributed by atoms with E-state index in [2.05, 4.69) is 20.9 Å². The Balaban J connectivity index is 1.71. The predicted molar refractivity (Wildman–Crippen MR) is 96.7 cm³/mol. The van der Waals surface area contributed by atoms with Gasteiger partial charge in [-0.1, -0.05) is 6.07 Å². The maximum atomic E-state index is 12.3. The highest BCUT2D eigenvalue weighted by Gasteiger charge is 2.20. The normalized spacial score (nSPS) is 16.9. The van der Waals surface area contributed by atoms with E-state index in [1.54, 1.807) is 24.4 Å². The summed E-state index contributed by atoms with van der Waals surface area (Å²) in [5.41, 5.74) is 7.08. The minimum atomic E-state index is -0.551. The van der Waals surface area contributed by atoms with Crippen LogP contribution in [0.25, 0.3) is 0 Å². The van der Waals surface area contributed by atoms with Gasteiger partial charge in [-0.05, 0) is 49.7 Å². The molecular formula is C18H21N5O2. The quantitative estimate of drug-likeness (QED) is 0.665. The van der Waals surface area contributed by atoms with Gasteiger partial charge in [0, 0.05) is 24.1 Å². The lowest BCUT2D eigenvalue weighted by Gasteiger charge is -2.22. The lowest BCUT2D eigenvalue weighted by Crippen LogP contribution is -2.37. The first-order chi connectivity index (χ1) is 12.1. The second-order valence-electron chi connectivity index (χ2n) is 6.00. The lowest BCUT2D eigenvalue weighted by molar-refractivity contribution is -0.120. The molecule has 0 radical (unpaired) electrons. The largest absolute Gasteiger partial charge is 0.365 e. The van der Waals surface area contributed by atoms with E-state index in [9.17, 15) is 9.59 Å². The van der Waals surface area contributed by atoms with Crippen LogP contribution in [0.15, 0.2) is 42.6 Å². The molecule has 0 aliphatic carbocycles. The maximum Gasteiger partial charge on any atom is 0.252 e. The Morgan fingerprint density at radius 1 is 1.20 bits per heavy atom. The predicted octanol–water partition coefficient (Wildman–Crippen LogP) is 1.86. The SMILES string of the molecule is NC(=O)c1cccnc1Nc1cccc(NC(=O)C2CCCNC2)c1. The van der Waals surface area contributed by atoms with E-state index in [4.69, 9.17) is 5.73 Å². The molecular weight excluding hydrogens is 318 g/mol. The number of anilines is 3. The van der Waals surface area contributed by atoms with E-state index in [0.717, 1.165) is 19.4 Å². The molecule has 0 saturated carbocycles. The highest BCUT2D eigenvalue weighted by Crippen LogP contribution is 2.22. The summed E-state index contributed by atoms with van der Waals surface area (Å²) in [6, 6.07) is 10.5. The molecule has 1 aromatic carbocycles. The topological polar surface area (TPSA) is 109 Å². The van der Waals surface area contributed by atoms with Crippen molar-refractivity contribution in [3.05, 3.63) is 48.2 Å². The molecule has 130 valence electrons. The van der Waals surface area contributed by atoms with E-state index in [0.29, 0.717) is 29.3 Å². The molecule has 1 atom stereocenters. The smallest absolute Gasteiger partial charge is 0.252 e. The van der Waals surface area contributed by atoms with Gasteiger partial charge in [-0.25, -0.2) is 4.98 Å². The molecule has 7 heteroatoms. The Hall–Kier alpha value is -2.93. The highest BCUT2D eigenvalue weighted by atomic mass is 16.2. The zero-order valence-corrected chi connectivity index (χ0v) is 13.8. The average molecular weight is 339 g/mol. The zero-order valence-electron chi connectivity index (χ0n) is 13.8. The van der Waals surface area contributed by atoms with Crippen LogP contribution < -0.4 is 21.7 Å². The van der Waals surface area contributed by atoms with Crippen LogP contribution in [0.4, 0.5) is 17.2 Å². The summed E-state index contributed by atoms with van der Waals surface area (Å²) in [6.07, 6.45) is 3.48. The van der Waals surface area contributed by atoms with Gasteiger partial charge in [0.2, 0.25) is 5.91 Å². The molecule has 1 aromatic heterocycles. The molecule has 1 aliphatic rings. The number of aromatic nitrogens is 1. The number of nitrogens with one attached hydrogen (secondary N) is 3. The van der Waals surface area contributed by atoms with Gasteiger partial charge >= 0.3 is 0 Å². The minimum absolute atomic E-state index is 0.0115. The molecule has 2 amide bonds. The molecule has 1 fully saturated rings. The number of piperidine rings is 1. The van der Waals surface area contributed by atoms with E-state index >= 15 is 0 Å². The number of amides is 2. The van der Waals surface area contributed by atoms with Gasteiger partial charge < -0.3 is 21.7 Å². The number of nitrogens with two attached hydrogens (primary N) is 1. The van der Waals surface area contributed by atoms with Crippen molar-refractivity contribution in [2.45, 2.75) is 12.8 Å². The first-order valence-electron chi connectivity index (χ1n) is 8.27. The number of carbonyl (C=O) groups is 2. The average Bonchev–Trinajstić information content (AvgIpc) is 2.63. The van der Waals surface area contributed by atoms with Crippen LogP contribution in [-0.2, 0) is 4.79 Å². The lowest BCUT2D eigenvalue weighted by atomic mass is 9.99. The molecule has 3 rings (SSSR count). The van der Waals surface area contributed by atoms with Crippen LogP contribution in [-0.4, -0.2) is 29.9 Å². The number of pyridine rings is 1. The fourth-order valence-electron chi connectivity index (χ4n) is 2.84. The second kappa shape index (κ2) is 7.76. The highest BCUT2D eigenvalue weighted by molar-refractivity contribution is 5.98. The Morgan fingerprint density at radius 2 is 2.04 bits per heavy atom. The van der Waals surface area contributed by atoms with Crippen LogP contribution in [0, 0.1) is 5.92 Å². The summed E-state index contributed by atoms with van der Waals surface area (Å²) in [5, 5.41) is 9.25. The fraction of sp³-hybridized carbons (Fsp3) is 0.278. The van der Waals surface area contributed by atoms with Crippen LogP contribution in [0.2, 0.25) is 0 Å². The second-order valence-corrected chi connectivity index (χ2v) is 6.00. The number of primary amides is 1. The Morgan fingerprint density at radius 3 is 2.80 bits per heavy atom. The molecule has 0 bridgehead atoms. The standard InChI is InChI=1S/C18H21N5O2/c19-16(24)15-7-3-9-21-17(15)22-13-5-1-6-14(10-13)23-18(25)12-4-2-8-20-11-12/h1,3,5-7,9-10,12,20H,2,4,8,11H2,(H2,19,24)(H,21,22)(H,23,25). The van der Waals surface area contributed by atoms with Crippen molar-refractivity contribution in [2.24, 2.45) is 11.7 Å². The van der Waals surface area contributed by atoms with Crippen LogP contribution >= 0.6 is 0 Å². The zero-order chi connectivity index (χ0) is 17.6. The molecule has 25 heavy (non-hydrogen) atoms. The molecule has 0 spiro atoms. The summed E-state index contributed by atoms with van der Waals surface area (Å²) in [4.78, 5) is 28.0. The third kappa shape index (κ3) is 4.33. The van der Waals surface area contributed by atoms with Crippen molar-refractivity contribution in [3.8, 4) is 0 Å². The number of hydrogen-bond donors (Lipinski definition) is 4. The molecule has 5 N–H and O–H groups in total. The third-order valence-electron chi connectivity index (χ3n) is 4.13. The Labute approximate surface area is 146 Å². The molecule has 1 saturated heterocycles. The minimum Gasteiger partial charge on any atom is -0.365 e.